The molecule has 0 amide bonds. The first-order valence-electron chi connectivity index (χ1n) is 16.0. The fourth-order valence-corrected chi connectivity index (χ4v) is 8.16. The van der Waals surface area contributed by atoms with Crippen molar-refractivity contribution >= 4 is 21.0 Å². The van der Waals surface area contributed by atoms with Crippen LogP contribution >= 0.6 is 0 Å². The summed E-state index contributed by atoms with van der Waals surface area (Å²) in [5.74, 6) is -6.89. The van der Waals surface area contributed by atoms with Crippen LogP contribution < -0.4 is 0 Å². The average Bonchev–Trinajstić information content (AvgIpc) is 3.33. The van der Waals surface area contributed by atoms with Crippen LogP contribution in [0.1, 0.15) is 93.7 Å². The molecule has 0 spiro atoms. The first-order chi connectivity index (χ1) is 21.6. The molecule has 1 atom stereocenters. The molecule has 2 aromatic rings. The highest BCUT2D eigenvalue weighted by Gasteiger charge is 2.56. The Morgan fingerprint density at radius 3 is 2.28 bits per heavy atom. The largest absolute Gasteiger partial charge is 0.508 e. The maximum absolute atomic E-state index is 14.1. The zero-order valence-corrected chi connectivity index (χ0v) is 26.6. The Kier molecular flexibility index (Phi) is 12.2. The number of phenolic OH excluding ortho intramolecular Hbond substituents is 1. The molecule has 46 heavy (non-hydrogen) atoms. The number of aromatic hydroxyl groups is 1. The van der Waals surface area contributed by atoms with Crippen molar-refractivity contribution < 1.29 is 44.3 Å². The number of rotatable bonds is 15. The van der Waals surface area contributed by atoms with E-state index in [4.69, 9.17) is 0 Å². The van der Waals surface area contributed by atoms with Gasteiger partial charge in [0.05, 0.1) is 11.5 Å². The average molecular weight is 678 g/mol. The van der Waals surface area contributed by atoms with Gasteiger partial charge in [-0.25, -0.2) is 17.2 Å². The number of phenols is 1. The smallest absolute Gasteiger partial charge is 0.453 e. The van der Waals surface area contributed by atoms with Crippen LogP contribution in [0.4, 0.5) is 30.7 Å². The van der Waals surface area contributed by atoms with Crippen LogP contribution in [0.3, 0.4) is 0 Å². The van der Waals surface area contributed by atoms with E-state index in [1.807, 2.05) is 6.07 Å². The van der Waals surface area contributed by atoms with Crippen molar-refractivity contribution in [1.29, 1.82) is 0 Å². The summed E-state index contributed by atoms with van der Waals surface area (Å²) in [5.41, 5.74) is 4.52. The Morgan fingerprint density at radius 1 is 0.848 bits per heavy atom. The lowest BCUT2D eigenvalue weighted by Crippen LogP contribution is -2.36. The van der Waals surface area contributed by atoms with Crippen LogP contribution in [0.15, 0.2) is 36.4 Å². The van der Waals surface area contributed by atoms with Gasteiger partial charge in [0, 0.05) is 18.5 Å². The van der Waals surface area contributed by atoms with Gasteiger partial charge in [0.15, 0.2) is 0 Å². The molecule has 1 fully saturated rings. The molecule has 0 radical (unpaired) electrons. The molecule has 0 unspecified atom stereocenters. The van der Waals surface area contributed by atoms with Gasteiger partial charge in [-0.05, 0) is 129 Å². The highest BCUT2D eigenvalue weighted by Crippen LogP contribution is 2.41. The number of allylic oxidation sites excluding steroid dienone is 2. The SMILES string of the molecule is O=S(=O)(CCCC(F)(F)C(F)(F)F)CC[C@H]1CCCN1CCCCCCC1=C(c2cc(F)cc(F)c2)CCCc2cc(O)ccc21. The number of unbranched alkanes of at least 4 members (excludes halogenated alkanes) is 3. The van der Waals surface area contributed by atoms with Gasteiger partial charge in [0.1, 0.15) is 27.2 Å². The van der Waals surface area contributed by atoms with Crippen LogP contribution in [0.5, 0.6) is 5.75 Å². The number of nitrogens with zero attached hydrogens (tertiary/aromatic N) is 1. The standard InChI is InChI=1S/C34H42F7NO3S/c35-26-20-25(21-27(36)23-26)30-11-5-8-24-22-29(43)12-13-31(24)32(30)10-3-1-2-4-16-42-17-6-9-28(42)14-19-46(44,45)18-7-15-33(37,38)34(39,40)41/h12-13,20-23,28,43H,1-11,14-19H2/t28-/m1/s1. The lowest BCUT2D eigenvalue weighted by atomic mass is 9.89. The van der Waals surface area contributed by atoms with E-state index in [-0.39, 0.29) is 17.5 Å². The van der Waals surface area contributed by atoms with Crippen molar-refractivity contribution in [3.63, 3.8) is 0 Å². The predicted molar refractivity (Wildman–Crippen MR) is 165 cm³/mol. The minimum Gasteiger partial charge on any atom is -0.508 e. The molecule has 0 aromatic heterocycles. The van der Waals surface area contributed by atoms with E-state index in [1.165, 1.54) is 12.1 Å². The molecule has 12 heteroatoms. The van der Waals surface area contributed by atoms with E-state index in [1.54, 1.807) is 12.1 Å². The van der Waals surface area contributed by atoms with Crippen LogP contribution in [0.25, 0.3) is 11.1 Å². The number of hydrogen-bond donors (Lipinski definition) is 1. The molecule has 4 rings (SSSR count). The van der Waals surface area contributed by atoms with E-state index in [0.29, 0.717) is 24.8 Å². The van der Waals surface area contributed by atoms with Crippen molar-refractivity contribution in [3.05, 3.63) is 64.7 Å². The second kappa shape index (κ2) is 15.5. The molecule has 4 nitrogen and oxygen atoms in total. The third-order valence-corrected chi connectivity index (χ3v) is 10.9. The number of sulfone groups is 1. The zero-order valence-electron chi connectivity index (χ0n) is 25.8. The van der Waals surface area contributed by atoms with Gasteiger partial charge in [-0.3, -0.25) is 0 Å². The van der Waals surface area contributed by atoms with E-state index >= 15 is 0 Å². The number of hydrogen-bond acceptors (Lipinski definition) is 4. The van der Waals surface area contributed by atoms with E-state index in [2.05, 4.69) is 4.90 Å². The quantitative estimate of drug-likeness (QED) is 0.151. The van der Waals surface area contributed by atoms with Gasteiger partial charge in [-0.2, -0.15) is 22.0 Å². The number of fused-ring (bicyclic) bond motifs is 1. The van der Waals surface area contributed by atoms with Gasteiger partial charge in [-0.1, -0.05) is 18.9 Å². The number of halogens is 7. The second-order valence-electron chi connectivity index (χ2n) is 12.6. The number of likely N-dealkylation sites (tertiary alicyclic amines) is 1. The van der Waals surface area contributed by atoms with Crippen molar-refractivity contribution in [2.24, 2.45) is 0 Å². The number of aryl methyl sites for hydroxylation is 1. The van der Waals surface area contributed by atoms with Crippen LogP contribution in [-0.2, 0) is 16.3 Å². The summed E-state index contributed by atoms with van der Waals surface area (Å²) < 4.78 is 116. The Bertz CT molecular complexity index is 1450. The summed E-state index contributed by atoms with van der Waals surface area (Å²) >= 11 is 0. The van der Waals surface area contributed by atoms with Crippen molar-refractivity contribution in [3.8, 4) is 5.75 Å². The zero-order chi connectivity index (χ0) is 33.5. The normalized spacial score (nSPS) is 18.2. The van der Waals surface area contributed by atoms with Crippen molar-refractivity contribution in [2.75, 3.05) is 24.6 Å². The molecular weight excluding hydrogens is 635 g/mol. The van der Waals surface area contributed by atoms with Crippen LogP contribution in [0, 0.1) is 11.6 Å². The Labute approximate surface area is 266 Å². The molecule has 2 aromatic carbocycles. The fourth-order valence-electron chi connectivity index (χ4n) is 6.74. The Hall–Kier alpha value is -2.60. The highest BCUT2D eigenvalue weighted by molar-refractivity contribution is 7.91. The topological polar surface area (TPSA) is 57.6 Å². The third kappa shape index (κ3) is 9.95. The highest BCUT2D eigenvalue weighted by atomic mass is 32.2. The minimum absolute atomic E-state index is 0.0321. The number of benzene rings is 2. The molecule has 256 valence electrons. The monoisotopic (exact) mass is 677 g/mol. The summed E-state index contributed by atoms with van der Waals surface area (Å²) in [4.78, 5) is 2.24. The molecule has 1 aliphatic heterocycles. The summed E-state index contributed by atoms with van der Waals surface area (Å²) in [5, 5.41) is 10.1. The van der Waals surface area contributed by atoms with E-state index in [9.17, 15) is 44.3 Å². The van der Waals surface area contributed by atoms with Gasteiger partial charge in [0.25, 0.3) is 0 Å². The maximum Gasteiger partial charge on any atom is 0.453 e. The maximum atomic E-state index is 14.1. The first kappa shape index (κ1) is 36.2. The third-order valence-electron chi connectivity index (χ3n) is 9.11. The molecule has 1 N–H and O–H groups in total. The summed E-state index contributed by atoms with van der Waals surface area (Å²) in [6, 6.07) is 8.91. The molecule has 0 bridgehead atoms. The minimum atomic E-state index is -5.68. The Morgan fingerprint density at radius 2 is 1.57 bits per heavy atom. The lowest BCUT2D eigenvalue weighted by Gasteiger charge is -2.24. The van der Waals surface area contributed by atoms with Gasteiger partial charge >= 0.3 is 12.1 Å². The van der Waals surface area contributed by atoms with Crippen molar-refractivity contribution in [1.82, 2.24) is 4.90 Å². The second-order valence-corrected chi connectivity index (χ2v) is 14.9. The van der Waals surface area contributed by atoms with E-state index < -0.39 is 52.2 Å². The molecule has 1 aliphatic carbocycles. The summed E-state index contributed by atoms with van der Waals surface area (Å²) in [7, 11) is -3.75. The first-order valence-corrected chi connectivity index (χ1v) is 17.9. The predicted octanol–water partition coefficient (Wildman–Crippen LogP) is 9.12. The Balaban J connectivity index is 1.27. The lowest BCUT2D eigenvalue weighted by molar-refractivity contribution is -0.284. The molecule has 2 aliphatic rings. The molecule has 1 heterocycles. The van der Waals surface area contributed by atoms with Crippen LogP contribution in [-0.4, -0.2) is 61.2 Å². The molecule has 1 saturated heterocycles. The molecule has 0 saturated carbocycles. The summed E-state index contributed by atoms with van der Waals surface area (Å²) in [6.45, 7) is 1.60. The molecular formula is C34H42F7NO3S. The van der Waals surface area contributed by atoms with Gasteiger partial charge in [0.2, 0.25) is 0 Å². The van der Waals surface area contributed by atoms with Crippen LogP contribution in [0.2, 0.25) is 0 Å². The van der Waals surface area contributed by atoms with Crippen molar-refractivity contribution in [2.45, 2.75) is 102 Å². The summed E-state index contributed by atoms with van der Waals surface area (Å²) in [6.07, 6.45) is 0.589. The fraction of sp³-hybridized carbons (Fsp3) is 0.588. The van der Waals surface area contributed by atoms with Gasteiger partial charge in [-0.15, -0.1) is 0 Å². The number of alkyl halides is 5. The van der Waals surface area contributed by atoms with E-state index in [0.717, 1.165) is 92.8 Å². The van der Waals surface area contributed by atoms with Gasteiger partial charge < -0.3 is 10.0 Å².